The van der Waals surface area contributed by atoms with Gasteiger partial charge in [-0.05, 0) is 55.7 Å². The molecule has 1 atom stereocenters. The van der Waals surface area contributed by atoms with E-state index in [1.807, 2.05) is 6.07 Å². The number of unbranched alkanes of at least 4 members (excludes halogenated alkanes) is 1. The van der Waals surface area contributed by atoms with Gasteiger partial charge in [0.2, 0.25) is 11.9 Å². The molecule has 0 radical (unpaired) electrons. The molecule has 46 heavy (non-hydrogen) atoms. The molecule has 0 saturated heterocycles. The number of alkyl halides is 3. The molecule has 1 amide bonds. The van der Waals surface area contributed by atoms with Crippen LogP contribution < -0.4 is 10.6 Å². The van der Waals surface area contributed by atoms with Gasteiger partial charge in [-0.3, -0.25) is 9.69 Å². The number of quaternary nitrogens is 1. The highest BCUT2D eigenvalue weighted by Gasteiger charge is 2.41. The van der Waals surface area contributed by atoms with E-state index < -0.39 is 36.0 Å². The first-order valence-corrected chi connectivity index (χ1v) is 14.6. The van der Waals surface area contributed by atoms with Crippen molar-refractivity contribution in [1.29, 1.82) is 5.26 Å². The molecule has 0 N–H and O–H groups in total. The van der Waals surface area contributed by atoms with E-state index in [1.54, 1.807) is 19.2 Å². The van der Waals surface area contributed by atoms with Crippen molar-refractivity contribution in [3.8, 4) is 6.07 Å². The summed E-state index contributed by atoms with van der Waals surface area (Å²) in [5, 5.41) is 13.8. The van der Waals surface area contributed by atoms with Crippen LogP contribution in [0.25, 0.3) is 0 Å². The molecular weight excluding hydrogens is 603 g/mol. The number of halogens is 3. The number of fused-ring (bicyclic) bond motifs is 1. The minimum absolute atomic E-state index is 0.00824. The lowest BCUT2D eigenvalue weighted by molar-refractivity contribution is -0.870. The first kappa shape index (κ1) is 34.0. The molecule has 3 aromatic rings. The first-order chi connectivity index (χ1) is 21.6. The van der Waals surface area contributed by atoms with Gasteiger partial charge in [-0.2, -0.15) is 18.4 Å². The molecule has 4 rings (SSSR count). The van der Waals surface area contributed by atoms with E-state index in [1.165, 1.54) is 41.0 Å². The predicted octanol–water partition coefficient (Wildman–Crippen LogP) is 4.07. The molecule has 2 aromatic carbocycles. The van der Waals surface area contributed by atoms with Crippen LogP contribution in [-0.4, -0.2) is 84.0 Å². The number of nitriles is 1. The molecule has 1 aliphatic heterocycles. The Kier molecular flexibility index (Phi) is 9.77. The van der Waals surface area contributed by atoms with Gasteiger partial charge in [-0.1, -0.05) is 18.2 Å². The summed E-state index contributed by atoms with van der Waals surface area (Å²) in [5.41, 5.74) is -0.810. The summed E-state index contributed by atoms with van der Waals surface area (Å²) in [6, 6.07) is 11.5. The average molecular weight is 641 g/mol. The Hall–Kier alpha value is -4.90. The minimum Gasteiger partial charge on any atom is -0.466 e. The van der Waals surface area contributed by atoms with Gasteiger partial charge in [0.05, 0.1) is 57.6 Å². The number of benzene rings is 2. The molecule has 11 nitrogen and oxygen atoms in total. The number of allylic oxidation sites excluding steroid dienone is 1. The molecule has 0 saturated carbocycles. The minimum atomic E-state index is -4.67. The fourth-order valence-corrected chi connectivity index (χ4v) is 5.35. The maximum absolute atomic E-state index is 14.1. The largest absolute Gasteiger partial charge is 0.466 e. The molecule has 14 heteroatoms. The number of esters is 1. The number of ether oxygens (including phenoxy) is 1. The van der Waals surface area contributed by atoms with Gasteiger partial charge < -0.3 is 14.1 Å². The van der Waals surface area contributed by atoms with Crippen LogP contribution in [0.5, 0.6) is 0 Å². The summed E-state index contributed by atoms with van der Waals surface area (Å²) in [7, 11) is 9.03. The molecule has 0 bridgehead atoms. The Morgan fingerprint density at radius 3 is 2.37 bits per heavy atom. The zero-order valence-electron chi connectivity index (χ0n) is 26.6. The summed E-state index contributed by atoms with van der Waals surface area (Å²) in [6.07, 6.45) is -3.02. The van der Waals surface area contributed by atoms with E-state index in [4.69, 9.17) is 4.74 Å². The second kappa shape index (κ2) is 13.2. The average Bonchev–Trinajstić information content (AvgIpc) is 3.31. The Morgan fingerprint density at radius 1 is 1.11 bits per heavy atom. The summed E-state index contributed by atoms with van der Waals surface area (Å²) < 4.78 is 49.2. The van der Waals surface area contributed by atoms with Crippen molar-refractivity contribution in [2.24, 2.45) is 0 Å². The predicted molar refractivity (Wildman–Crippen MR) is 164 cm³/mol. The van der Waals surface area contributed by atoms with Gasteiger partial charge >= 0.3 is 17.8 Å². The van der Waals surface area contributed by atoms with Crippen LogP contribution in [-0.2, 0) is 27.0 Å². The van der Waals surface area contributed by atoms with E-state index in [2.05, 4.69) is 26.2 Å². The molecule has 1 aromatic heterocycles. The van der Waals surface area contributed by atoms with Crippen molar-refractivity contribution in [3.63, 3.8) is 0 Å². The lowest BCUT2D eigenvalue weighted by atomic mass is 9.93. The third kappa shape index (κ3) is 7.15. The highest BCUT2D eigenvalue weighted by Crippen LogP contribution is 2.43. The quantitative estimate of drug-likeness (QED) is 0.187. The second-order valence-electron chi connectivity index (χ2n) is 12.2. The van der Waals surface area contributed by atoms with E-state index >= 15 is 0 Å². The van der Waals surface area contributed by atoms with Crippen molar-refractivity contribution in [2.75, 3.05) is 53.3 Å². The highest BCUT2D eigenvalue weighted by atomic mass is 19.4. The fraction of sp³-hybridized carbons (Fsp3) is 0.406. The molecule has 2 heterocycles. The highest BCUT2D eigenvalue weighted by molar-refractivity contribution is 5.93. The van der Waals surface area contributed by atoms with Crippen LogP contribution in [0, 0.1) is 11.3 Å². The molecule has 0 aliphatic carbocycles. The fourth-order valence-electron chi connectivity index (χ4n) is 5.35. The van der Waals surface area contributed by atoms with Gasteiger partial charge in [-0.25, -0.2) is 18.8 Å². The standard InChI is InChI=1S/C32H37F3N7O4/c1-21-27(29(44)46-6)28(23-14-12-22(19-36)13-15-23)41-30(40(21)25-11-9-10-24(18-25)32(33,34)35)37-39(31(41)45)20-26(43)38(2)16-7-8-17-42(3,4)5/h9-15,18,28H,7-8,16-17,20H2,1-6H3/q+1. The molecule has 1 unspecified atom stereocenters. The van der Waals surface area contributed by atoms with Gasteiger partial charge in [0.1, 0.15) is 12.6 Å². The molecule has 0 fully saturated rings. The van der Waals surface area contributed by atoms with Crippen LogP contribution in [0.2, 0.25) is 0 Å². The maximum Gasteiger partial charge on any atom is 0.416 e. The van der Waals surface area contributed by atoms with Crippen molar-refractivity contribution >= 4 is 23.5 Å². The van der Waals surface area contributed by atoms with Crippen molar-refractivity contribution in [3.05, 3.63) is 87.0 Å². The summed E-state index contributed by atoms with van der Waals surface area (Å²) in [4.78, 5) is 43.4. The number of rotatable bonds is 10. The van der Waals surface area contributed by atoms with Crippen LogP contribution in [0.3, 0.4) is 0 Å². The first-order valence-electron chi connectivity index (χ1n) is 14.6. The Labute approximate surface area is 264 Å². The molecule has 244 valence electrons. The SMILES string of the molecule is COC(=O)C1=C(C)N(c2cccc(C(F)(F)F)c2)c2nn(CC(=O)N(C)CCCC[N+](C)(C)C)c(=O)n2C1c1ccc(C#N)cc1. The number of carbonyl (C=O) groups is 2. The third-order valence-electron chi connectivity index (χ3n) is 7.79. The van der Waals surface area contributed by atoms with E-state index in [-0.39, 0.29) is 28.8 Å². The maximum atomic E-state index is 14.1. The normalized spacial score (nSPS) is 15.0. The molecule has 0 spiro atoms. The lowest BCUT2D eigenvalue weighted by Crippen LogP contribution is -2.40. The van der Waals surface area contributed by atoms with E-state index in [0.717, 1.165) is 52.4 Å². The Morgan fingerprint density at radius 2 is 1.78 bits per heavy atom. The van der Waals surface area contributed by atoms with Crippen LogP contribution in [0.4, 0.5) is 24.8 Å². The lowest BCUT2D eigenvalue weighted by Gasteiger charge is -2.35. The van der Waals surface area contributed by atoms with Crippen LogP contribution in [0.15, 0.2) is 64.6 Å². The number of hydrogen-bond acceptors (Lipinski definition) is 7. The summed E-state index contributed by atoms with van der Waals surface area (Å²) >= 11 is 0. The topological polar surface area (TPSA) is 113 Å². The van der Waals surface area contributed by atoms with Crippen molar-refractivity contribution < 1.29 is 32.0 Å². The number of anilines is 2. The summed E-state index contributed by atoms with van der Waals surface area (Å²) in [6.45, 7) is 2.46. The van der Waals surface area contributed by atoms with Crippen molar-refractivity contribution in [2.45, 2.75) is 38.5 Å². The van der Waals surface area contributed by atoms with Crippen molar-refractivity contribution in [1.82, 2.24) is 19.2 Å². The monoisotopic (exact) mass is 640 g/mol. The zero-order valence-corrected chi connectivity index (χ0v) is 26.6. The summed E-state index contributed by atoms with van der Waals surface area (Å²) in [5.74, 6) is -1.30. The molecule has 1 aliphatic rings. The Balaban J connectivity index is 1.85. The number of likely N-dealkylation sites (N-methyl/N-ethyl adjacent to an activating group) is 1. The number of methoxy groups -OCH3 is 1. The van der Waals surface area contributed by atoms with Crippen LogP contribution >= 0.6 is 0 Å². The number of nitrogens with zero attached hydrogens (tertiary/aromatic N) is 7. The van der Waals surface area contributed by atoms with E-state index in [0.29, 0.717) is 17.7 Å². The van der Waals surface area contributed by atoms with E-state index in [9.17, 15) is 32.8 Å². The number of carbonyl (C=O) groups excluding carboxylic acids is 2. The second-order valence-corrected chi connectivity index (χ2v) is 12.2. The number of aromatic nitrogens is 3. The van der Waals surface area contributed by atoms with Gasteiger partial charge in [-0.15, -0.1) is 5.10 Å². The number of hydrogen-bond donors (Lipinski definition) is 0. The zero-order chi connectivity index (χ0) is 34.0. The smallest absolute Gasteiger partial charge is 0.416 e. The van der Waals surface area contributed by atoms with Gasteiger partial charge in [0.25, 0.3) is 0 Å². The molecular formula is C32H37F3N7O4+. The van der Waals surface area contributed by atoms with Crippen LogP contribution in [0.1, 0.15) is 42.5 Å². The Bertz CT molecular complexity index is 1740. The van der Waals surface area contributed by atoms with Gasteiger partial charge in [0, 0.05) is 25.0 Å². The third-order valence-corrected chi connectivity index (χ3v) is 7.79. The van der Waals surface area contributed by atoms with Gasteiger partial charge in [0.15, 0.2) is 0 Å². The number of amides is 1.